The van der Waals surface area contributed by atoms with Crippen molar-refractivity contribution >= 4 is 34.6 Å². The molecule has 1 fully saturated rings. The molecule has 2 aromatic carbocycles. The quantitative estimate of drug-likeness (QED) is 0.410. The van der Waals surface area contributed by atoms with Gasteiger partial charge in [0.25, 0.3) is 0 Å². The van der Waals surface area contributed by atoms with Crippen LogP contribution >= 0.6 is 0 Å². The Morgan fingerprint density at radius 2 is 1.83 bits per heavy atom. The van der Waals surface area contributed by atoms with Gasteiger partial charge in [0.2, 0.25) is 5.91 Å². The summed E-state index contributed by atoms with van der Waals surface area (Å²) in [4.78, 5) is 27.7. The molecule has 2 aromatic rings. The predicted molar refractivity (Wildman–Crippen MR) is 117 cm³/mol. The number of rotatable bonds is 7. The maximum atomic E-state index is 12.0. The van der Waals surface area contributed by atoms with Crippen LogP contribution in [0.25, 0.3) is 0 Å². The van der Waals surface area contributed by atoms with Crippen molar-refractivity contribution < 1.29 is 19.1 Å². The summed E-state index contributed by atoms with van der Waals surface area (Å²) in [5.74, 6) is -0.316. The van der Waals surface area contributed by atoms with Crippen molar-refractivity contribution in [3.05, 3.63) is 48.0 Å². The molecule has 0 bridgehead atoms. The highest BCUT2D eigenvalue weighted by Gasteiger charge is 2.19. The van der Waals surface area contributed by atoms with E-state index in [1.165, 1.54) is 0 Å². The van der Waals surface area contributed by atoms with Gasteiger partial charge in [0.05, 0.1) is 23.5 Å². The summed E-state index contributed by atoms with van der Waals surface area (Å²) in [5, 5.41) is 3.31. The molecule has 0 atom stereocenters. The summed E-state index contributed by atoms with van der Waals surface area (Å²) in [6, 6.07) is 13.1. The highest BCUT2D eigenvalue weighted by Crippen LogP contribution is 2.27. The Kier molecular flexibility index (Phi) is 7.13. The number of anilines is 4. The lowest BCUT2D eigenvalue weighted by Crippen LogP contribution is -2.48. The van der Waals surface area contributed by atoms with E-state index in [0.717, 1.165) is 37.6 Å². The minimum absolute atomic E-state index is 0.117. The van der Waals surface area contributed by atoms with Gasteiger partial charge in [-0.2, -0.15) is 0 Å². The number of hydrogen-bond acceptors (Lipinski definition) is 7. The van der Waals surface area contributed by atoms with E-state index < -0.39 is 5.97 Å². The highest BCUT2D eigenvalue weighted by molar-refractivity contribution is 5.92. The molecular formula is C22H28N4O4. The van der Waals surface area contributed by atoms with Crippen molar-refractivity contribution in [2.75, 3.05) is 62.5 Å². The van der Waals surface area contributed by atoms with Crippen molar-refractivity contribution in [3.63, 3.8) is 0 Å². The average molecular weight is 412 g/mol. The molecule has 1 amide bonds. The second kappa shape index (κ2) is 9.98. The van der Waals surface area contributed by atoms with E-state index in [2.05, 4.69) is 22.3 Å². The summed E-state index contributed by atoms with van der Waals surface area (Å²) in [5.41, 5.74) is 9.68. The van der Waals surface area contributed by atoms with Gasteiger partial charge in [-0.25, -0.2) is 4.79 Å². The fourth-order valence-corrected chi connectivity index (χ4v) is 3.32. The zero-order valence-electron chi connectivity index (χ0n) is 17.4. The van der Waals surface area contributed by atoms with Crippen LogP contribution < -0.4 is 16.0 Å². The van der Waals surface area contributed by atoms with Gasteiger partial charge in [-0.3, -0.25) is 4.79 Å². The molecule has 1 aliphatic heterocycles. The Labute approximate surface area is 176 Å². The van der Waals surface area contributed by atoms with Crippen LogP contribution in [0.1, 0.15) is 17.3 Å². The SMILES string of the molecule is COCCOC(=O)c1ccc(Nc2cccc(N3CCN(C(C)=O)CC3)c2)c(N)c1. The van der Waals surface area contributed by atoms with Gasteiger partial charge >= 0.3 is 5.97 Å². The highest BCUT2D eigenvalue weighted by atomic mass is 16.6. The van der Waals surface area contributed by atoms with Crippen LogP contribution in [0.4, 0.5) is 22.7 Å². The van der Waals surface area contributed by atoms with Crippen LogP contribution in [0.15, 0.2) is 42.5 Å². The number of nitrogens with zero attached hydrogens (tertiary/aromatic N) is 2. The number of carbonyl (C=O) groups excluding carboxylic acids is 2. The third-order valence-corrected chi connectivity index (χ3v) is 5.02. The van der Waals surface area contributed by atoms with Crippen LogP contribution in [0.3, 0.4) is 0 Å². The van der Waals surface area contributed by atoms with Crippen LogP contribution in [0.5, 0.6) is 0 Å². The summed E-state index contributed by atoms with van der Waals surface area (Å²) in [6.45, 7) is 5.19. The number of piperazine rings is 1. The van der Waals surface area contributed by atoms with Crippen LogP contribution in [0, 0.1) is 0 Å². The smallest absolute Gasteiger partial charge is 0.338 e. The molecule has 8 heteroatoms. The first-order valence-electron chi connectivity index (χ1n) is 9.91. The Morgan fingerprint density at radius 3 is 2.50 bits per heavy atom. The van der Waals surface area contributed by atoms with Crippen molar-refractivity contribution in [1.82, 2.24) is 4.90 Å². The zero-order valence-corrected chi connectivity index (χ0v) is 17.4. The van der Waals surface area contributed by atoms with Gasteiger partial charge in [0.1, 0.15) is 6.61 Å². The first-order valence-corrected chi connectivity index (χ1v) is 9.91. The molecule has 1 heterocycles. The number of carbonyl (C=O) groups is 2. The minimum atomic E-state index is -0.433. The molecule has 0 radical (unpaired) electrons. The largest absolute Gasteiger partial charge is 0.460 e. The lowest BCUT2D eigenvalue weighted by atomic mass is 10.1. The van der Waals surface area contributed by atoms with Crippen LogP contribution in [-0.2, 0) is 14.3 Å². The van der Waals surface area contributed by atoms with Crippen molar-refractivity contribution in [2.24, 2.45) is 0 Å². The summed E-state index contributed by atoms with van der Waals surface area (Å²) in [6.07, 6.45) is 0. The Balaban J connectivity index is 1.65. The van der Waals surface area contributed by atoms with Gasteiger partial charge in [-0.15, -0.1) is 0 Å². The molecule has 30 heavy (non-hydrogen) atoms. The lowest BCUT2D eigenvalue weighted by Gasteiger charge is -2.35. The number of benzene rings is 2. The molecular weight excluding hydrogens is 384 g/mol. The fraction of sp³-hybridized carbons (Fsp3) is 0.364. The van der Waals surface area contributed by atoms with E-state index in [4.69, 9.17) is 15.2 Å². The van der Waals surface area contributed by atoms with E-state index in [1.807, 2.05) is 17.0 Å². The third-order valence-electron chi connectivity index (χ3n) is 5.02. The Morgan fingerprint density at radius 1 is 1.07 bits per heavy atom. The minimum Gasteiger partial charge on any atom is -0.460 e. The number of methoxy groups -OCH3 is 1. The molecule has 160 valence electrons. The molecule has 1 saturated heterocycles. The van der Waals surface area contributed by atoms with Crippen molar-refractivity contribution in [2.45, 2.75) is 6.92 Å². The van der Waals surface area contributed by atoms with Gasteiger partial charge in [-0.05, 0) is 36.4 Å². The van der Waals surface area contributed by atoms with E-state index in [9.17, 15) is 9.59 Å². The van der Waals surface area contributed by atoms with E-state index in [-0.39, 0.29) is 12.5 Å². The number of hydrogen-bond donors (Lipinski definition) is 2. The molecule has 3 N–H and O–H groups in total. The molecule has 8 nitrogen and oxygen atoms in total. The van der Waals surface area contributed by atoms with Gasteiger partial charge in [0.15, 0.2) is 0 Å². The van der Waals surface area contributed by atoms with E-state index in [1.54, 1.807) is 32.2 Å². The summed E-state index contributed by atoms with van der Waals surface area (Å²) in [7, 11) is 1.55. The standard InChI is InChI=1S/C22H28N4O4/c1-16(27)25-8-10-26(11-9-25)19-5-3-4-18(15-19)24-21-7-6-17(14-20(21)23)22(28)30-13-12-29-2/h3-7,14-15,24H,8-13,23H2,1-2H3. The second-order valence-electron chi connectivity index (χ2n) is 7.10. The van der Waals surface area contributed by atoms with Crippen molar-refractivity contribution in [1.29, 1.82) is 0 Å². The summed E-state index contributed by atoms with van der Waals surface area (Å²) < 4.78 is 9.99. The second-order valence-corrected chi connectivity index (χ2v) is 7.10. The number of amides is 1. The molecule has 0 aliphatic carbocycles. The van der Waals surface area contributed by atoms with Gasteiger partial charge in [0, 0.05) is 51.6 Å². The normalized spacial score (nSPS) is 13.8. The topological polar surface area (TPSA) is 97.1 Å². The van der Waals surface area contributed by atoms with Crippen LogP contribution in [0.2, 0.25) is 0 Å². The average Bonchev–Trinajstić information content (AvgIpc) is 2.75. The molecule has 0 spiro atoms. The van der Waals surface area contributed by atoms with E-state index >= 15 is 0 Å². The third kappa shape index (κ3) is 5.42. The Hall–Kier alpha value is -3.26. The molecule has 3 rings (SSSR count). The molecule has 0 saturated carbocycles. The monoisotopic (exact) mass is 412 g/mol. The van der Waals surface area contributed by atoms with E-state index in [0.29, 0.717) is 23.5 Å². The van der Waals surface area contributed by atoms with Gasteiger partial charge < -0.3 is 30.3 Å². The number of nitrogens with two attached hydrogens (primary N) is 1. The maximum absolute atomic E-state index is 12.0. The lowest BCUT2D eigenvalue weighted by molar-refractivity contribution is -0.129. The maximum Gasteiger partial charge on any atom is 0.338 e. The molecule has 1 aliphatic rings. The van der Waals surface area contributed by atoms with Gasteiger partial charge in [-0.1, -0.05) is 6.07 Å². The molecule has 0 unspecified atom stereocenters. The van der Waals surface area contributed by atoms with Crippen LogP contribution in [-0.4, -0.2) is 63.3 Å². The first kappa shape index (κ1) is 21.4. The molecule has 0 aromatic heterocycles. The zero-order chi connectivity index (χ0) is 21.5. The number of esters is 1. The number of nitrogen functional groups attached to an aromatic ring is 1. The first-order chi connectivity index (χ1) is 14.5. The predicted octanol–water partition coefficient (Wildman–Crippen LogP) is 2.48. The number of ether oxygens (including phenoxy) is 2. The Bertz CT molecular complexity index is 894. The van der Waals surface area contributed by atoms with Crippen molar-refractivity contribution in [3.8, 4) is 0 Å². The fourth-order valence-electron chi connectivity index (χ4n) is 3.32. The number of nitrogens with one attached hydrogen (secondary N) is 1. The summed E-state index contributed by atoms with van der Waals surface area (Å²) >= 11 is 0.